The molecule has 0 bridgehead atoms. The normalized spacial score (nSPS) is 15.1. The van der Waals surface area contributed by atoms with E-state index in [0.717, 1.165) is 50.7 Å². The van der Waals surface area contributed by atoms with Crippen LogP contribution in [-0.4, -0.2) is 59.3 Å². The van der Waals surface area contributed by atoms with Crippen molar-refractivity contribution in [2.75, 3.05) is 38.0 Å². The lowest BCUT2D eigenvalue weighted by Crippen LogP contribution is -2.45. The van der Waals surface area contributed by atoms with Gasteiger partial charge in [0.2, 0.25) is 0 Å². The number of carbonyl (C=O) groups is 2. The van der Waals surface area contributed by atoms with Crippen LogP contribution in [0, 0.1) is 6.92 Å². The Labute approximate surface area is 172 Å². The minimum absolute atomic E-state index is 0.220. The smallest absolute Gasteiger partial charge is 0.313 e. The summed E-state index contributed by atoms with van der Waals surface area (Å²) in [5.74, 6) is -1.35. The van der Waals surface area contributed by atoms with E-state index < -0.39 is 11.8 Å². The molecule has 0 aliphatic carbocycles. The molecule has 2 N–H and O–H groups in total. The number of piperazine rings is 1. The van der Waals surface area contributed by atoms with Gasteiger partial charge in [0.1, 0.15) is 0 Å². The minimum atomic E-state index is -0.680. The lowest BCUT2D eigenvalue weighted by Gasteiger charge is -2.34. The summed E-state index contributed by atoms with van der Waals surface area (Å²) in [7, 11) is 0. The molecule has 0 atom stereocenters. The van der Waals surface area contributed by atoms with E-state index in [0.29, 0.717) is 5.69 Å². The largest absolute Gasteiger partial charge is 0.342 e. The maximum atomic E-state index is 12.1. The number of amides is 2. The third-order valence-corrected chi connectivity index (χ3v) is 5.11. The van der Waals surface area contributed by atoms with Gasteiger partial charge in [-0.05, 0) is 43.3 Å². The highest BCUT2D eigenvalue weighted by Gasteiger charge is 2.16. The molecule has 2 amide bonds. The standard InChI is InChI=1S/C22H29N5O2/c1-3-26-11-13-27(14-12-26)16-18-7-9-19(10-8-18)25-22(29)21(28)23-15-20-6-4-5-17(2)24-20/h4-10H,3,11-16H2,1-2H3,(H,23,28)(H,25,29). The summed E-state index contributed by atoms with van der Waals surface area (Å²) in [5, 5.41) is 5.24. The highest BCUT2D eigenvalue weighted by Crippen LogP contribution is 2.13. The Kier molecular flexibility index (Phi) is 7.32. The predicted molar refractivity (Wildman–Crippen MR) is 113 cm³/mol. The second-order valence-electron chi connectivity index (χ2n) is 7.31. The maximum absolute atomic E-state index is 12.1. The fourth-order valence-electron chi connectivity index (χ4n) is 3.35. The van der Waals surface area contributed by atoms with Crippen molar-refractivity contribution in [2.45, 2.75) is 26.9 Å². The average molecular weight is 396 g/mol. The van der Waals surface area contributed by atoms with Crippen LogP contribution in [0.3, 0.4) is 0 Å². The Morgan fingerprint density at radius 3 is 2.31 bits per heavy atom. The second kappa shape index (κ2) is 10.1. The van der Waals surface area contributed by atoms with Crippen LogP contribution >= 0.6 is 0 Å². The first kappa shape index (κ1) is 21.0. The summed E-state index contributed by atoms with van der Waals surface area (Å²) in [6, 6.07) is 13.2. The van der Waals surface area contributed by atoms with Crippen molar-refractivity contribution >= 4 is 17.5 Å². The number of pyridine rings is 1. The Morgan fingerprint density at radius 2 is 1.66 bits per heavy atom. The molecule has 3 rings (SSSR count). The monoisotopic (exact) mass is 395 g/mol. The van der Waals surface area contributed by atoms with Crippen molar-refractivity contribution < 1.29 is 9.59 Å². The van der Waals surface area contributed by atoms with Gasteiger partial charge in [0, 0.05) is 44.1 Å². The summed E-state index contributed by atoms with van der Waals surface area (Å²) >= 11 is 0. The van der Waals surface area contributed by atoms with Crippen molar-refractivity contribution in [3.8, 4) is 0 Å². The first-order valence-corrected chi connectivity index (χ1v) is 10.1. The molecule has 7 heteroatoms. The molecule has 1 aliphatic heterocycles. The number of anilines is 1. The third kappa shape index (κ3) is 6.37. The molecule has 0 radical (unpaired) electrons. The molecular weight excluding hydrogens is 366 g/mol. The van der Waals surface area contributed by atoms with Crippen molar-refractivity contribution in [3.63, 3.8) is 0 Å². The van der Waals surface area contributed by atoms with Crippen molar-refractivity contribution in [3.05, 3.63) is 59.4 Å². The van der Waals surface area contributed by atoms with Gasteiger partial charge in [-0.2, -0.15) is 0 Å². The Morgan fingerprint density at radius 1 is 0.966 bits per heavy atom. The maximum Gasteiger partial charge on any atom is 0.313 e. The van der Waals surface area contributed by atoms with E-state index in [1.807, 2.05) is 49.4 Å². The van der Waals surface area contributed by atoms with E-state index in [9.17, 15) is 9.59 Å². The molecule has 0 unspecified atom stereocenters. The van der Waals surface area contributed by atoms with Crippen LogP contribution in [0.5, 0.6) is 0 Å². The number of aromatic nitrogens is 1. The van der Waals surface area contributed by atoms with E-state index in [1.54, 1.807) is 0 Å². The summed E-state index contributed by atoms with van der Waals surface area (Å²) in [6.45, 7) is 10.7. The van der Waals surface area contributed by atoms with Crippen LogP contribution < -0.4 is 10.6 Å². The van der Waals surface area contributed by atoms with Gasteiger partial charge in [-0.3, -0.25) is 19.5 Å². The molecule has 0 saturated carbocycles. The number of rotatable bonds is 6. The number of benzene rings is 1. The molecular formula is C22H29N5O2. The van der Waals surface area contributed by atoms with Gasteiger partial charge < -0.3 is 15.5 Å². The lowest BCUT2D eigenvalue weighted by molar-refractivity contribution is -0.136. The number of nitrogens with one attached hydrogen (secondary N) is 2. The molecule has 1 fully saturated rings. The molecule has 29 heavy (non-hydrogen) atoms. The van der Waals surface area contributed by atoms with Crippen LogP contribution in [0.25, 0.3) is 0 Å². The number of aryl methyl sites for hydroxylation is 1. The zero-order chi connectivity index (χ0) is 20.6. The van der Waals surface area contributed by atoms with E-state index in [1.165, 1.54) is 5.56 Å². The average Bonchev–Trinajstić information content (AvgIpc) is 2.74. The van der Waals surface area contributed by atoms with E-state index in [-0.39, 0.29) is 6.54 Å². The van der Waals surface area contributed by atoms with Crippen molar-refractivity contribution in [1.29, 1.82) is 0 Å². The number of nitrogens with zero attached hydrogens (tertiary/aromatic N) is 3. The van der Waals surface area contributed by atoms with Gasteiger partial charge in [0.25, 0.3) is 0 Å². The van der Waals surface area contributed by atoms with Crippen molar-refractivity contribution in [1.82, 2.24) is 20.1 Å². The topological polar surface area (TPSA) is 77.6 Å². The fraction of sp³-hybridized carbons (Fsp3) is 0.409. The summed E-state index contributed by atoms with van der Waals surface area (Å²) < 4.78 is 0. The van der Waals surface area contributed by atoms with Gasteiger partial charge in [-0.25, -0.2) is 0 Å². The zero-order valence-electron chi connectivity index (χ0n) is 17.1. The van der Waals surface area contributed by atoms with Gasteiger partial charge in [0.15, 0.2) is 0 Å². The number of hydrogen-bond acceptors (Lipinski definition) is 5. The number of carbonyl (C=O) groups excluding carboxylic acids is 2. The van der Waals surface area contributed by atoms with Crippen LogP contribution in [-0.2, 0) is 22.7 Å². The highest BCUT2D eigenvalue weighted by atomic mass is 16.2. The molecule has 1 aromatic carbocycles. The zero-order valence-corrected chi connectivity index (χ0v) is 17.1. The first-order valence-electron chi connectivity index (χ1n) is 10.1. The van der Waals surface area contributed by atoms with Gasteiger partial charge in [0.05, 0.1) is 12.2 Å². The molecule has 0 spiro atoms. The SMILES string of the molecule is CCN1CCN(Cc2ccc(NC(=O)C(=O)NCc3cccc(C)n3)cc2)CC1. The molecule has 1 saturated heterocycles. The fourth-order valence-corrected chi connectivity index (χ4v) is 3.35. The first-order chi connectivity index (χ1) is 14.0. The van der Waals surface area contributed by atoms with Crippen LogP contribution in [0.4, 0.5) is 5.69 Å². The molecule has 1 aromatic heterocycles. The third-order valence-electron chi connectivity index (χ3n) is 5.11. The Balaban J connectivity index is 1.45. The molecule has 2 aromatic rings. The number of likely N-dealkylation sites (N-methyl/N-ethyl adjacent to an activating group) is 1. The van der Waals surface area contributed by atoms with Gasteiger partial charge in [-0.1, -0.05) is 25.1 Å². The molecule has 1 aliphatic rings. The molecule has 154 valence electrons. The van der Waals surface area contributed by atoms with Crippen LogP contribution in [0.2, 0.25) is 0 Å². The van der Waals surface area contributed by atoms with Crippen molar-refractivity contribution in [2.24, 2.45) is 0 Å². The highest BCUT2D eigenvalue weighted by molar-refractivity contribution is 6.39. The second-order valence-corrected chi connectivity index (χ2v) is 7.31. The summed E-state index contributed by atoms with van der Waals surface area (Å²) in [4.78, 5) is 33.3. The predicted octanol–water partition coefficient (Wildman–Crippen LogP) is 1.78. The molecule has 2 heterocycles. The molecule has 7 nitrogen and oxygen atoms in total. The van der Waals surface area contributed by atoms with Crippen LogP contribution in [0.1, 0.15) is 23.9 Å². The minimum Gasteiger partial charge on any atom is -0.342 e. The van der Waals surface area contributed by atoms with E-state index in [4.69, 9.17) is 0 Å². The van der Waals surface area contributed by atoms with Gasteiger partial charge >= 0.3 is 11.8 Å². The summed E-state index contributed by atoms with van der Waals surface area (Å²) in [6.07, 6.45) is 0. The van der Waals surface area contributed by atoms with E-state index in [2.05, 4.69) is 32.3 Å². The Bertz CT molecular complexity index is 829. The van der Waals surface area contributed by atoms with Crippen LogP contribution in [0.15, 0.2) is 42.5 Å². The lowest BCUT2D eigenvalue weighted by atomic mass is 10.1. The van der Waals surface area contributed by atoms with E-state index >= 15 is 0 Å². The summed E-state index contributed by atoms with van der Waals surface area (Å²) in [5.41, 5.74) is 3.39. The van der Waals surface area contributed by atoms with Gasteiger partial charge in [-0.15, -0.1) is 0 Å². The Hall–Kier alpha value is -2.77. The number of hydrogen-bond donors (Lipinski definition) is 2. The quantitative estimate of drug-likeness (QED) is 0.729.